The van der Waals surface area contributed by atoms with Crippen LogP contribution in [-0.2, 0) is 4.74 Å². The van der Waals surface area contributed by atoms with Crippen LogP contribution in [0, 0.1) is 52.3 Å². The van der Waals surface area contributed by atoms with Crippen molar-refractivity contribution in [2.24, 2.45) is 58.0 Å². The van der Waals surface area contributed by atoms with Gasteiger partial charge in [0.2, 0.25) is 0 Å². The number of hydrogen-bond donors (Lipinski definition) is 2. The lowest BCUT2D eigenvalue weighted by Crippen LogP contribution is -2.53. The van der Waals surface area contributed by atoms with E-state index in [-0.39, 0.29) is 6.10 Å². The summed E-state index contributed by atoms with van der Waals surface area (Å²) in [6.45, 7) is 10.7. The molecule has 0 spiro atoms. The van der Waals surface area contributed by atoms with Crippen LogP contribution < -0.4 is 5.73 Å². The number of hydrogen-bond acceptors (Lipinski definition) is 3. The zero-order valence-electron chi connectivity index (χ0n) is 19.7. The topological polar surface area (TPSA) is 55.5 Å². The fraction of sp³-hybridized carbons (Fsp3) is 0.926. The predicted octanol–water partition coefficient (Wildman–Crippen LogP) is 5.17. The Morgan fingerprint density at radius 3 is 2.73 bits per heavy atom. The molecule has 4 fully saturated rings. The van der Waals surface area contributed by atoms with Gasteiger partial charge in [-0.2, -0.15) is 0 Å². The molecule has 3 N–H and O–H groups in total. The maximum absolute atomic E-state index is 10.2. The van der Waals surface area contributed by atoms with Gasteiger partial charge in [-0.1, -0.05) is 39.8 Å². The SMILES string of the molecule is CC(CN)CCC1O[C@H]2C[C@H]3[C@@H]4CCC5CC(O)C=C[C@]5(C)[C@H]4CC[C@]3(C)[C@H]2[C@@H]1C. The van der Waals surface area contributed by atoms with E-state index in [0.717, 1.165) is 36.6 Å². The molecule has 30 heavy (non-hydrogen) atoms. The van der Waals surface area contributed by atoms with Gasteiger partial charge >= 0.3 is 0 Å². The van der Waals surface area contributed by atoms with Crippen molar-refractivity contribution in [1.29, 1.82) is 0 Å². The van der Waals surface area contributed by atoms with Gasteiger partial charge in [0.05, 0.1) is 18.3 Å². The summed E-state index contributed by atoms with van der Waals surface area (Å²) in [5, 5.41) is 10.2. The van der Waals surface area contributed by atoms with Gasteiger partial charge < -0.3 is 15.6 Å². The molecule has 1 aliphatic heterocycles. The van der Waals surface area contributed by atoms with Crippen LogP contribution >= 0.6 is 0 Å². The van der Waals surface area contributed by atoms with E-state index in [2.05, 4.69) is 39.8 Å². The zero-order chi connectivity index (χ0) is 21.3. The Morgan fingerprint density at radius 2 is 1.97 bits per heavy atom. The van der Waals surface area contributed by atoms with Crippen LogP contribution in [0.2, 0.25) is 0 Å². The van der Waals surface area contributed by atoms with Gasteiger partial charge in [-0.15, -0.1) is 0 Å². The molecule has 0 amide bonds. The Balaban J connectivity index is 1.34. The van der Waals surface area contributed by atoms with Crippen molar-refractivity contribution >= 4 is 0 Å². The average molecular weight is 416 g/mol. The number of nitrogens with two attached hydrogens (primary N) is 1. The van der Waals surface area contributed by atoms with Gasteiger partial charge in [0, 0.05) is 0 Å². The van der Waals surface area contributed by atoms with Crippen molar-refractivity contribution in [2.45, 2.75) is 97.4 Å². The van der Waals surface area contributed by atoms with Gasteiger partial charge in [-0.05, 0) is 110 Å². The zero-order valence-corrected chi connectivity index (χ0v) is 19.7. The Morgan fingerprint density at radius 1 is 1.17 bits per heavy atom. The lowest BCUT2D eigenvalue weighted by atomic mass is 9.45. The van der Waals surface area contributed by atoms with Gasteiger partial charge in [0.15, 0.2) is 0 Å². The highest BCUT2D eigenvalue weighted by molar-refractivity contribution is 5.19. The van der Waals surface area contributed by atoms with Crippen LogP contribution in [0.3, 0.4) is 0 Å². The highest BCUT2D eigenvalue weighted by Gasteiger charge is 2.65. The number of aliphatic hydroxyl groups excluding tert-OH is 1. The van der Waals surface area contributed by atoms with E-state index in [1.807, 2.05) is 0 Å². The molecule has 1 saturated heterocycles. The minimum absolute atomic E-state index is 0.215. The largest absolute Gasteiger partial charge is 0.389 e. The standard InChI is InChI=1S/C27H45NO2/c1-16(15-28)5-8-23-17(2)25-24(30-23)14-22-20-7-6-18-13-19(29)9-11-26(18,3)21(20)10-12-27(22,25)4/h9,11,16-25,29H,5-8,10,12-15,28H2,1-4H3/t16?,17-,18?,19?,20-,21+,22+,23?,24+,25+,26+,27+/m1/s1. The third kappa shape index (κ3) is 3.09. The van der Waals surface area contributed by atoms with E-state index in [9.17, 15) is 5.11 Å². The molecule has 0 radical (unpaired) electrons. The molecule has 4 aliphatic carbocycles. The number of ether oxygens (including phenoxy) is 1. The first kappa shape index (κ1) is 21.5. The van der Waals surface area contributed by atoms with E-state index < -0.39 is 0 Å². The third-order valence-corrected chi connectivity index (χ3v) is 11.1. The summed E-state index contributed by atoms with van der Waals surface area (Å²) < 4.78 is 6.79. The molecule has 4 unspecified atom stereocenters. The lowest BCUT2D eigenvalue weighted by Gasteiger charge is -2.59. The van der Waals surface area contributed by atoms with E-state index in [1.165, 1.54) is 44.9 Å². The number of aliphatic hydroxyl groups is 1. The normalized spacial score (nSPS) is 55.5. The fourth-order valence-electron chi connectivity index (χ4n) is 9.37. The van der Waals surface area contributed by atoms with Crippen LogP contribution in [0.1, 0.15) is 79.1 Å². The summed E-state index contributed by atoms with van der Waals surface area (Å²) in [7, 11) is 0. The van der Waals surface area contributed by atoms with Crippen molar-refractivity contribution in [2.75, 3.05) is 6.54 Å². The minimum Gasteiger partial charge on any atom is -0.389 e. The second-order valence-electron chi connectivity index (χ2n) is 12.5. The molecule has 1 heterocycles. The first-order chi connectivity index (χ1) is 14.3. The molecule has 5 aliphatic rings. The molecule has 0 bridgehead atoms. The first-order valence-electron chi connectivity index (χ1n) is 13.0. The smallest absolute Gasteiger partial charge is 0.0724 e. The summed E-state index contributed by atoms with van der Waals surface area (Å²) in [6.07, 6.45) is 15.3. The fourth-order valence-corrected chi connectivity index (χ4v) is 9.37. The highest BCUT2D eigenvalue weighted by Crippen LogP contribution is 2.69. The Hall–Kier alpha value is -0.380. The van der Waals surface area contributed by atoms with Crippen molar-refractivity contribution in [1.82, 2.24) is 0 Å². The maximum Gasteiger partial charge on any atom is 0.0724 e. The van der Waals surface area contributed by atoms with Crippen molar-refractivity contribution in [3.63, 3.8) is 0 Å². The Kier molecular flexibility index (Phi) is 5.43. The summed E-state index contributed by atoms with van der Waals surface area (Å²) in [5.74, 6) is 5.19. The Bertz CT molecular complexity index is 678. The van der Waals surface area contributed by atoms with Gasteiger partial charge in [0.1, 0.15) is 0 Å². The van der Waals surface area contributed by atoms with E-state index in [1.54, 1.807) is 0 Å². The average Bonchev–Trinajstić information content (AvgIpc) is 3.20. The van der Waals surface area contributed by atoms with Crippen molar-refractivity contribution in [3.8, 4) is 0 Å². The predicted molar refractivity (Wildman–Crippen MR) is 122 cm³/mol. The summed E-state index contributed by atoms with van der Waals surface area (Å²) in [6, 6.07) is 0. The van der Waals surface area contributed by atoms with Crippen LogP contribution in [-0.4, -0.2) is 30.0 Å². The number of allylic oxidation sites excluding steroid dienone is 1. The maximum atomic E-state index is 10.2. The summed E-state index contributed by atoms with van der Waals surface area (Å²) >= 11 is 0. The quantitative estimate of drug-likeness (QED) is 0.623. The number of fused-ring (bicyclic) bond motifs is 7. The summed E-state index contributed by atoms with van der Waals surface area (Å²) in [4.78, 5) is 0. The molecule has 0 aromatic heterocycles. The molecule has 0 aromatic carbocycles. The molecular formula is C27H45NO2. The molecule has 3 saturated carbocycles. The molecule has 3 heteroatoms. The Labute approximate surface area is 184 Å². The first-order valence-corrected chi connectivity index (χ1v) is 13.0. The van der Waals surface area contributed by atoms with Gasteiger partial charge in [-0.3, -0.25) is 0 Å². The molecule has 0 aromatic rings. The van der Waals surface area contributed by atoms with Crippen LogP contribution in [0.15, 0.2) is 12.2 Å². The van der Waals surface area contributed by atoms with E-state index in [0.29, 0.717) is 40.8 Å². The van der Waals surface area contributed by atoms with E-state index in [4.69, 9.17) is 10.5 Å². The summed E-state index contributed by atoms with van der Waals surface area (Å²) in [5.41, 5.74) is 6.62. The number of rotatable bonds is 4. The van der Waals surface area contributed by atoms with Crippen molar-refractivity contribution in [3.05, 3.63) is 12.2 Å². The molecule has 3 nitrogen and oxygen atoms in total. The van der Waals surface area contributed by atoms with E-state index >= 15 is 0 Å². The second kappa shape index (κ2) is 7.59. The minimum atomic E-state index is -0.215. The lowest BCUT2D eigenvalue weighted by molar-refractivity contribution is -0.0919. The highest BCUT2D eigenvalue weighted by atomic mass is 16.5. The monoisotopic (exact) mass is 415 g/mol. The second-order valence-corrected chi connectivity index (χ2v) is 12.5. The van der Waals surface area contributed by atoms with Gasteiger partial charge in [-0.25, -0.2) is 0 Å². The molecule has 5 rings (SSSR count). The van der Waals surface area contributed by atoms with Crippen LogP contribution in [0.5, 0.6) is 0 Å². The van der Waals surface area contributed by atoms with Gasteiger partial charge in [0.25, 0.3) is 0 Å². The van der Waals surface area contributed by atoms with Crippen LogP contribution in [0.25, 0.3) is 0 Å². The third-order valence-electron chi connectivity index (χ3n) is 11.1. The van der Waals surface area contributed by atoms with Crippen molar-refractivity contribution < 1.29 is 9.84 Å². The molecule has 12 atom stereocenters. The van der Waals surface area contributed by atoms with Crippen LogP contribution in [0.4, 0.5) is 0 Å². The molecular weight excluding hydrogens is 370 g/mol. The molecule has 170 valence electrons.